The third-order valence-corrected chi connectivity index (χ3v) is 7.23. The molecule has 3 atom stereocenters. The lowest BCUT2D eigenvalue weighted by molar-refractivity contribution is -0.118. The van der Waals surface area contributed by atoms with Gasteiger partial charge in [-0.3, -0.25) is 9.00 Å². The summed E-state index contributed by atoms with van der Waals surface area (Å²) in [6.45, 7) is 3.96. The van der Waals surface area contributed by atoms with Gasteiger partial charge in [-0.25, -0.2) is 0 Å². The van der Waals surface area contributed by atoms with E-state index in [1.165, 1.54) is 0 Å². The molecule has 0 radical (unpaired) electrons. The molecule has 0 aliphatic heterocycles. The number of nitrogens with one attached hydrogen (secondary N) is 1. The van der Waals surface area contributed by atoms with Gasteiger partial charge in [-0.05, 0) is 23.0 Å². The molecule has 3 rings (SSSR count). The molecule has 1 aromatic heterocycles. The average molecular weight is 430 g/mol. The molecule has 5 nitrogen and oxygen atoms in total. The summed E-state index contributed by atoms with van der Waals surface area (Å²) in [5, 5.41) is 11.0. The maximum atomic E-state index is 12.5. The molecule has 1 heterocycles. The summed E-state index contributed by atoms with van der Waals surface area (Å²) in [6.07, 6.45) is 1.69. The first-order valence-electron chi connectivity index (χ1n) is 7.88. The van der Waals surface area contributed by atoms with E-state index in [0.717, 1.165) is 16.9 Å². The minimum atomic E-state index is -1.30. The van der Waals surface area contributed by atoms with Gasteiger partial charge in [0, 0.05) is 0 Å². The van der Waals surface area contributed by atoms with Gasteiger partial charge in [-0.15, -0.1) is 10.2 Å². The van der Waals surface area contributed by atoms with E-state index in [-0.39, 0.29) is 27.6 Å². The number of hydrogen-bond acceptors (Lipinski definition) is 5. The van der Waals surface area contributed by atoms with Crippen LogP contribution in [0.25, 0.3) is 0 Å². The van der Waals surface area contributed by atoms with Gasteiger partial charge in [-0.2, -0.15) is 0 Å². The fraction of sp³-hybridized carbons (Fsp3) is 0.353. The Balaban J connectivity index is 1.63. The second kappa shape index (κ2) is 7.76. The van der Waals surface area contributed by atoms with Crippen LogP contribution >= 0.6 is 34.5 Å². The maximum Gasteiger partial charge on any atom is 0.230 e. The number of aromatic nitrogens is 2. The van der Waals surface area contributed by atoms with Gasteiger partial charge in [-0.1, -0.05) is 78.7 Å². The molecule has 138 valence electrons. The average Bonchev–Trinajstić information content (AvgIpc) is 2.92. The number of carbonyl (C=O) groups is 1. The summed E-state index contributed by atoms with van der Waals surface area (Å²) in [5.74, 6) is -0.0631. The number of hydrogen-bond donors (Lipinski definition) is 1. The van der Waals surface area contributed by atoms with E-state index < -0.39 is 10.8 Å². The molecular formula is C17H17Cl2N3O2S2. The van der Waals surface area contributed by atoms with Gasteiger partial charge in [0.1, 0.15) is 4.49 Å². The van der Waals surface area contributed by atoms with Crippen LogP contribution in [0.2, 0.25) is 0 Å². The number of anilines is 1. The van der Waals surface area contributed by atoms with E-state index >= 15 is 0 Å². The summed E-state index contributed by atoms with van der Waals surface area (Å²) < 4.78 is 13.0. The molecule has 0 saturated heterocycles. The molecule has 0 spiro atoms. The molecule has 1 saturated carbocycles. The molecule has 1 aromatic carbocycles. The normalized spacial score (nSPS) is 21.7. The first-order chi connectivity index (χ1) is 12.3. The second-order valence-corrected chi connectivity index (χ2v) is 10.2. The smallest absolute Gasteiger partial charge is 0.230 e. The van der Waals surface area contributed by atoms with Crippen molar-refractivity contribution in [3.8, 4) is 0 Å². The third kappa shape index (κ3) is 4.34. The molecule has 26 heavy (non-hydrogen) atoms. The number of halogens is 2. The number of rotatable bonds is 6. The molecule has 1 N–H and O–H groups in total. The van der Waals surface area contributed by atoms with Gasteiger partial charge < -0.3 is 5.32 Å². The molecule has 0 unspecified atom stereocenters. The Bertz CT molecular complexity index is 864. The van der Waals surface area contributed by atoms with Crippen LogP contribution < -0.4 is 5.32 Å². The summed E-state index contributed by atoms with van der Waals surface area (Å²) in [4.78, 5) is 12.5. The van der Waals surface area contributed by atoms with Gasteiger partial charge in [0.2, 0.25) is 15.4 Å². The number of nitrogens with zero attached hydrogens (tertiary/aromatic N) is 2. The van der Waals surface area contributed by atoms with Gasteiger partial charge in [0.25, 0.3) is 0 Å². The molecule has 1 amide bonds. The van der Waals surface area contributed by atoms with Crippen LogP contribution in [0.4, 0.5) is 5.13 Å². The Kier molecular flexibility index (Phi) is 5.81. The van der Waals surface area contributed by atoms with Gasteiger partial charge >= 0.3 is 0 Å². The fourth-order valence-electron chi connectivity index (χ4n) is 2.95. The van der Waals surface area contributed by atoms with Crippen LogP contribution in [0.5, 0.6) is 0 Å². The predicted octanol–water partition coefficient (Wildman–Crippen LogP) is 4.38. The van der Waals surface area contributed by atoms with E-state index in [4.69, 9.17) is 23.2 Å². The zero-order valence-corrected chi connectivity index (χ0v) is 17.3. The monoisotopic (exact) mass is 429 g/mol. The van der Waals surface area contributed by atoms with Crippen LogP contribution in [0.3, 0.4) is 0 Å². The van der Waals surface area contributed by atoms with Crippen molar-refractivity contribution in [2.45, 2.75) is 23.9 Å². The Labute approximate surface area is 168 Å². The molecule has 2 aromatic rings. The lowest BCUT2D eigenvalue weighted by Gasteiger charge is -2.02. The number of benzene rings is 1. The largest absolute Gasteiger partial charge is 0.300 e. The van der Waals surface area contributed by atoms with Crippen LogP contribution in [0, 0.1) is 17.3 Å². The van der Waals surface area contributed by atoms with Crippen LogP contribution in [0.1, 0.15) is 19.4 Å². The first kappa shape index (κ1) is 19.5. The number of carbonyl (C=O) groups excluding carboxylic acids is 1. The topological polar surface area (TPSA) is 72.0 Å². The zero-order valence-electron chi connectivity index (χ0n) is 14.1. The van der Waals surface area contributed by atoms with Crippen LogP contribution in [0.15, 0.2) is 45.2 Å². The fourth-order valence-corrected chi connectivity index (χ4v) is 5.24. The van der Waals surface area contributed by atoms with E-state index in [1.54, 1.807) is 6.08 Å². The second-order valence-electron chi connectivity index (χ2n) is 6.62. The molecule has 0 bridgehead atoms. The summed E-state index contributed by atoms with van der Waals surface area (Å²) in [7, 11) is -1.30. The summed E-state index contributed by atoms with van der Waals surface area (Å²) in [6, 6.07) is 9.52. The Morgan fingerprint density at radius 1 is 1.31 bits per heavy atom. The highest BCUT2D eigenvalue weighted by atomic mass is 35.5. The summed E-state index contributed by atoms with van der Waals surface area (Å²) >= 11 is 12.6. The Morgan fingerprint density at radius 2 is 2.00 bits per heavy atom. The molecule has 9 heteroatoms. The lowest BCUT2D eigenvalue weighted by atomic mass is 10.1. The quantitative estimate of drug-likeness (QED) is 0.691. The van der Waals surface area contributed by atoms with Crippen molar-refractivity contribution in [3.05, 3.63) is 46.5 Å². The summed E-state index contributed by atoms with van der Waals surface area (Å²) in [5.41, 5.74) is 0.738. The highest BCUT2D eigenvalue weighted by Crippen LogP contribution is 2.60. The molecular weight excluding hydrogens is 413 g/mol. The van der Waals surface area contributed by atoms with Crippen molar-refractivity contribution in [2.75, 3.05) is 5.32 Å². The molecule has 1 fully saturated rings. The minimum absolute atomic E-state index is 0.0212. The van der Waals surface area contributed by atoms with Gasteiger partial charge in [0.15, 0.2) is 0 Å². The van der Waals surface area contributed by atoms with Gasteiger partial charge in [0.05, 0.1) is 22.5 Å². The Hall–Kier alpha value is -1.28. The maximum absolute atomic E-state index is 12.5. The van der Waals surface area contributed by atoms with E-state index in [0.29, 0.717) is 15.2 Å². The predicted molar refractivity (Wildman–Crippen MR) is 106 cm³/mol. The first-order valence-corrected chi connectivity index (χ1v) is 10.8. The Morgan fingerprint density at radius 3 is 2.65 bits per heavy atom. The number of allylic oxidation sites excluding steroid dienone is 1. The molecule has 1 aliphatic rings. The van der Waals surface area contributed by atoms with Crippen LogP contribution in [-0.4, -0.2) is 20.3 Å². The van der Waals surface area contributed by atoms with E-state index in [9.17, 15) is 9.00 Å². The van der Waals surface area contributed by atoms with Crippen molar-refractivity contribution >= 4 is 56.4 Å². The van der Waals surface area contributed by atoms with Crippen molar-refractivity contribution < 1.29 is 9.00 Å². The van der Waals surface area contributed by atoms with E-state index in [1.807, 2.05) is 44.2 Å². The van der Waals surface area contributed by atoms with Crippen molar-refractivity contribution in [3.63, 3.8) is 0 Å². The zero-order chi connectivity index (χ0) is 18.9. The van der Waals surface area contributed by atoms with Crippen molar-refractivity contribution in [1.82, 2.24) is 10.2 Å². The third-order valence-electron chi connectivity index (χ3n) is 4.47. The number of amides is 1. The minimum Gasteiger partial charge on any atom is -0.300 e. The van der Waals surface area contributed by atoms with E-state index in [2.05, 4.69) is 15.5 Å². The van der Waals surface area contributed by atoms with Crippen molar-refractivity contribution in [1.29, 1.82) is 0 Å². The molecule has 1 aliphatic carbocycles. The highest BCUT2D eigenvalue weighted by Gasteiger charge is 2.60. The SMILES string of the molecule is CC1(C)[C@H](C(=O)Nc2nnc([S@@](=O)Cc3ccccc3)s2)[C@@H]1C=C(Cl)Cl. The standard InChI is InChI=1S/C17H17Cl2N3O2S2/c1-17(2)11(8-12(18)19)13(17)14(23)20-15-21-22-16(25-15)26(24)9-10-6-4-3-5-7-10/h3-8,11,13H,9H2,1-2H3,(H,20,21,23)/t11-,13-,26-/m0/s1. The van der Waals surface area contributed by atoms with Crippen LogP contribution in [-0.2, 0) is 21.3 Å². The highest BCUT2D eigenvalue weighted by molar-refractivity contribution is 7.86. The lowest BCUT2D eigenvalue weighted by Crippen LogP contribution is -2.16. The van der Waals surface area contributed by atoms with Crippen molar-refractivity contribution in [2.24, 2.45) is 17.3 Å².